The summed E-state index contributed by atoms with van der Waals surface area (Å²) in [7, 11) is 1.59. The van der Waals surface area contributed by atoms with Gasteiger partial charge in [0.25, 0.3) is 0 Å². The molecule has 2 rings (SSSR count). The summed E-state index contributed by atoms with van der Waals surface area (Å²) in [6, 6.07) is 16.8. The van der Waals surface area contributed by atoms with Gasteiger partial charge in [-0.05, 0) is 28.8 Å². The Labute approximate surface area is 111 Å². The van der Waals surface area contributed by atoms with Crippen molar-refractivity contribution in [2.24, 2.45) is 0 Å². The van der Waals surface area contributed by atoms with Crippen LogP contribution in [0.5, 0.6) is 5.75 Å². The van der Waals surface area contributed by atoms with Gasteiger partial charge in [-0.3, -0.25) is 0 Å². The maximum absolute atomic E-state index is 11.0. The number of hydrogen-bond donors (Lipinski definition) is 1. The molecule has 0 aromatic heterocycles. The third kappa shape index (κ3) is 3.22. The third-order valence-electron chi connectivity index (χ3n) is 2.73. The average Bonchev–Trinajstić information content (AvgIpc) is 2.45. The van der Waals surface area contributed by atoms with E-state index in [2.05, 4.69) is 0 Å². The summed E-state index contributed by atoms with van der Waals surface area (Å²) < 4.78 is 5.17. The summed E-state index contributed by atoms with van der Waals surface area (Å²) in [6.07, 6.45) is 1.21. The first-order chi connectivity index (χ1) is 9.20. The van der Waals surface area contributed by atoms with Gasteiger partial charge in [-0.1, -0.05) is 42.5 Å². The molecule has 0 atom stereocenters. The number of carbonyl (C=O) groups is 1. The molecule has 0 aliphatic heterocycles. The molecule has 96 valence electrons. The summed E-state index contributed by atoms with van der Waals surface area (Å²) in [4.78, 5) is 11.0. The molecule has 0 radical (unpaired) electrons. The van der Waals surface area contributed by atoms with Gasteiger partial charge in [0.1, 0.15) is 5.75 Å². The van der Waals surface area contributed by atoms with Crippen molar-refractivity contribution in [3.63, 3.8) is 0 Å². The van der Waals surface area contributed by atoms with Crippen LogP contribution in [0, 0.1) is 0 Å². The minimum atomic E-state index is -0.971. The molecule has 0 aliphatic carbocycles. The molecule has 3 heteroatoms. The van der Waals surface area contributed by atoms with Crippen molar-refractivity contribution in [3.05, 3.63) is 71.8 Å². The summed E-state index contributed by atoms with van der Waals surface area (Å²) in [5.41, 5.74) is 2.33. The molecule has 1 N–H and O–H groups in total. The highest BCUT2D eigenvalue weighted by Crippen LogP contribution is 2.26. The van der Waals surface area contributed by atoms with Crippen LogP contribution >= 0.6 is 0 Å². The monoisotopic (exact) mass is 254 g/mol. The Hall–Kier alpha value is -2.55. The van der Waals surface area contributed by atoms with Gasteiger partial charge in [0.2, 0.25) is 0 Å². The van der Waals surface area contributed by atoms with Crippen LogP contribution in [0.15, 0.2) is 60.7 Å². The first-order valence-electron chi connectivity index (χ1n) is 5.85. The maximum atomic E-state index is 11.0. The predicted octanol–water partition coefficient (Wildman–Crippen LogP) is 3.21. The Morgan fingerprint density at radius 3 is 2.37 bits per heavy atom. The van der Waals surface area contributed by atoms with E-state index in [-0.39, 0.29) is 0 Å². The number of carboxylic acid groups (broad SMARTS) is 1. The molecular formula is C16H14O3. The first kappa shape index (κ1) is 12.9. The van der Waals surface area contributed by atoms with Gasteiger partial charge in [0.05, 0.1) is 7.11 Å². The fourth-order valence-corrected chi connectivity index (χ4v) is 1.87. The standard InChI is InChI=1S/C16H14O3/c1-19-14-9-5-8-13(10-14)15(11-16(17)18)12-6-3-2-4-7-12/h2-11H,1H3,(H,17,18)/b15-11-. The van der Waals surface area contributed by atoms with E-state index >= 15 is 0 Å². The minimum absolute atomic E-state index is 0.659. The molecule has 0 fully saturated rings. The van der Waals surface area contributed by atoms with E-state index in [1.54, 1.807) is 7.11 Å². The highest BCUT2D eigenvalue weighted by molar-refractivity contribution is 5.95. The van der Waals surface area contributed by atoms with Crippen molar-refractivity contribution in [2.45, 2.75) is 0 Å². The number of rotatable bonds is 4. The number of hydrogen-bond acceptors (Lipinski definition) is 2. The molecule has 0 saturated carbocycles. The highest BCUT2D eigenvalue weighted by atomic mass is 16.5. The van der Waals surface area contributed by atoms with Crippen LogP contribution in [0.2, 0.25) is 0 Å². The summed E-state index contributed by atoms with van der Waals surface area (Å²) >= 11 is 0. The Morgan fingerprint density at radius 1 is 1.05 bits per heavy atom. The van der Waals surface area contributed by atoms with Crippen LogP contribution in [0.25, 0.3) is 5.57 Å². The second kappa shape index (κ2) is 5.87. The largest absolute Gasteiger partial charge is 0.497 e. The Balaban J connectivity index is 2.53. The highest BCUT2D eigenvalue weighted by Gasteiger charge is 2.07. The second-order valence-corrected chi connectivity index (χ2v) is 3.99. The van der Waals surface area contributed by atoms with Crippen LogP contribution < -0.4 is 4.74 Å². The topological polar surface area (TPSA) is 46.5 Å². The van der Waals surface area contributed by atoms with Crippen LogP contribution in [-0.2, 0) is 4.79 Å². The number of carboxylic acids is 1. The zero-order valence-electron chi connectivity index (χ0n) is 10.5. The molecule has 0 amide bonds. The van der Waals surface area contributed by atoms with E-state index in [1.165, 1.54) is 6.08 Å². The van der Waals surface area contributed by atoms with Gasteiger partial charge < -0.3 is 9.84 Å². The van der Waals surface area contributed by atoms with E-state index in [9.17, 15) is 4.79 Å². The van der Waals surface area contributed by atoms with Crippen LogP contribution in [0.3, 0.4) is 0 Å². The van der Waals surface area contributed by atoms with Gasteiger partial charge in [-0.2, -0.15) is 0 Å². The molecule has 19 heavy (non-hydrogen) atoms. The third-order valence-corrected chi connectivity index (χ3v) is 2.73. The molecule has 0 saturated heterocycles. The molecule has 2 aromatic carbocycles. The van der Waals surface area contributed by atoms with Crippen molar-refractivity contribution >= 4 is 11.5 Å². The SMILES string of the molecule is COc1cccc(/C(=C\C(=O)O)c2ccccc2)c1. The van der Waals surface area contributed by atoms with Crippen molar-refractivity contribution in [2.75, 3.05) is 7.11 Å². The number of aliphatic carboxylic acids is 1. The lowest BCUT2D eigenvalue weighted by Gasteiger charge is -2.09. The predicted molar refractivity (Wildman–Crippen MR) is 74.2 cm³/mol. The Bertz CT molecular complexity index is 600. The smallest absolute Gasteiger partial charge is 0.328 e. The van der Waals surface area contributed by atoms with Crippen molar-refractivity contribution < 1.29 is 14.6 Å². The van der Waals surface area contributed by atoms with Gasteiger partial charge in [0, 0.05) is 6.08 Å². The lowest BCUT2D eigenvalue weighted by atomic mass is 9.97. The molecule has 0 bridgehead atoms. The fraction of sp³-hybridized carbons (Fsp3) is 0.0625. The zero-order chi connectivity index (χ0) is 13.7. The molecular weight excluding hydrogens is 240 g/mol. The van der Waals surface area contributed by atoms with Gasteiger partial charge >= 0.3 is 5.97 Å². The Morgan fingerprint density at radius 2 is 1.74 bits per heavy atom. The minimum Gasteiger partial charge on any atom is -0.497 e. The molecule has 0 spiro atoms. The van der Waals surface area contributed by atoms with Crippen molar-refractivity contribution in [1.82, 2.24) is 0 Å². The lowest BCUT2D eigenvalue weighted by molar-refractivity contribution is -0.131. The molecule has 2 aromatic rings. The second-order valence-electron chi connectivity index (χ2n) is 3.99. The van der Waals surface area contributed by atoms with E-state index in [1.807, 2.05) is 54.6 Å². The van der Waals surface area contributed by atoms with Gasteiger partial charge in [-0.15, -0.1) is 0 Å². The van der Waals surface area contributed by atoms with Crippen LogP contribution in [0.4, 0.5) is 0 Å². The number of ether oxygens (including phenoxy) is 1. The van der Waals surface area contributed by atoms with Gasteiger partial charge in [-0.25, -0.2) is 4.79 Å². The molecule has 0 aliphatic rings. The lowest BCUT2D eigenvalue weighted by Crippen LogP contribution is -1.95. The first-order valence-corrected chi connectivity index (χ1v) is 5.85. The normalized spacial score (nSPS) is 11.1. The van der Waals surface area contributed by atoms with Crippen LogP contribution in [0.1, 0.15) is 11.1 Å². The maximum Gasteiger partial charge on any atom is 0.328 e. The van der Waals surface area contributed by atoms with E-state index in [0.717, 1.165) is 11.1 Å². The van der Waals surface area contributed by atoms with E-state index < -0.39 is 5.97 Å². The summed E-state index contributed by atoms with van der Waals surface area (Å²) in [6.45, 7) is 0. The fourth-order valence-electron chi connectivity index (χ4n) is 1.87. The number of benzene rings is 2. The zero-order valence-corrected chi connectivity index (χ0v) is 10.5. The Kier molecular flexibility index (Phi) is 3.98. The van der Waals surface area contributed by atoms with Crippen molar-refractivity contribution in [1.29, 1.82) is 0 Å². The number of methoxy groups -OCH3 is 1. The summed E-state index contributed by atoms with van der Waals surface area (Å²) in [5, 5.41) is 9.03. The summed E-state index contributed by atoms with van der Waals surface area (Å²) in [5.74, 6) is -0.272. The molecule has 3 nitrogen and oxygen atoms in total. The quantitative estimate of drug-likeness (QED) is 0.852. The van der Waals surface area contributed by atoms with Crippen molar-refractivity contribution in [3.8, 4) is 5.75 Å². The molecule has 0 unspecified atom stereocenters. The average molecular weight is 254 g/mol. The molecule has 0 heterocycles. The van der Waals surface area contributed by atoms with E-state index in [4.69, 9.17) is 9.84 Å². The van der Waals surface area contributed by atoms with Crippen LogP contribution in [-0.4, -0.2) is 18.2 Å². The van der Waals surface area contributed by atoms with E-state index in [0.29, 0.717) is 11.3 Å². The van der Waals surface area contributed by atoms with Gasteiger partial charge in [0.15, 0.2) is 0 Å².